The molecule has 2 atom stereocenters. The number of benzene rings is 2. The van der Waals surface area contributed by atoms with Gasteiger partial charge in [-0.2, -0.15) is 0 Å². The molecular weight excluding hydrogens is 336 g/mol. The van der Waals surface area contributed by atoms with Gasteiger partial charge in [-0.1, -0.05) is 36.4 Å². The number of rotatable bonds is 2. The Labute approximate surface area is 159 Å². The summed E-state index contributed by atoms with van der Waals surface area (Å²) in [4.78, 5) is 0.755. The van der Waals surface area contributed by atoms with Crippen LogP contribution in [0.3, 0.4) is 0 Å². The zero-order valence-corrected chi connectivity index (χ0v) is 15.6. The molecule has 2 aromatic rings. The van der Waals surface area contributed by atoms with Gasteiger partial charge in [0.05, 0.1) is 0 Å². The van der Waals surface area contributed by atoms with E-state index in [4.69, 9.17) is 0 Å². The molecule has 108 valence electrons. The van der Waals surface area contributed by atoms with Gasteiger partial charge in [-0.3, -0.25) is 8.42 Å². The predicted molar refractivity (Wildman–Crippen MR) is 82.5 cm³/mol. The SMILES string of the molecule is Cc1ccccc1S(=O)[O-].Cc1ccccc1S(=O)[O-].[Ca+2]. The van der Waals surface area contributed by atoms with Gasteiger partial charge in [0.2, 0.25) is 0 Å². The molecule has 2 aromatic carbocycles. The van der Waals surface area contributed by atoms with Crippen LogP contribution >= 0.6 is 0 Å². The van der Waals surface area contributed by atoms with E-state index in [0.717, 1.165) is 11.1 Å². The number of aryl methyl sites for hydroxylation is 2. The molecule has 0 spiro atoms. The topological polar surface area (TPSA) is 80.3 Å². The average Bonchev–Trinajstić information content (AvgIpc) is 2.40. The molecular formula is C14H14CaO4S2. The fourth-order valence-corrected chi connectivity index (χ4v) is 2.53. The molecule has 0 amide bonds. The zero-order valence-electron chi connectivity index (χ0n) is 11.8. The summed E-state index contributed by atoms with van der Waals surface area (Å²) in [5.41, 5.74) is 1.58. The molecule has 0 aliphatic rings. The fraction of sp³-hybridized carbons (Fsp3) is 0.143. The first-order valence-corrected chi connectivity index (χ1v) is 7.88. The molecule has 2 unspecified atom stereocenters. The third-order valence-electron chi connectivity index (χ3n) is 2.55. The van der Waals surface area contributed by atoms with Crippen molar-refractivity contribution >= 4 is 59.9 Å². The average molecular weight is 350 g/mol. The second-order valence-corrected chi connectivity index (χ2v) is 5.82. The van der Waals surface area contributed by atoms with Crippen LogP contribution in [0, 0.1) is 13.8 Å². The fourth-order valence-electron chi connectivity index (χ4n) is 1.49. The van der Waals surface area contributed by atoms with Crippen LogP contribution in [-0.2, 0) is 22.2 Å². The maximum atomic E-state index is 10.4. The molecule has 2 rings (SSSR count). The molecule has 0 fully saturated rings. The van der Waals surface area contributed by atoms with Crippen LogP contribution in [0.5, 0.6) is 0 Å². The molecule has 0 saturated carbocycles. The molecule has 0 radical (unpaired) electrons. The van der Waals surface area contributed by atoms with Crippen LogP contribution in [0.2, 0.25) is 0 Å². The molecule has 0 saturated heterocycles. The Balaban J connectivity index is 0.000000364. The molecule has 4 nitrogen and oxygen atoms in total. The summed E-state index contributed by atoms with van der Waals surface area (Å²) in [6, 6.07) is 13.7. The van der Waals surface area contributed by atoms with Crippen molar-refractivity contribution in [1.82, 2.24) is 0 Å². The van der Waals surface area contributed by atoms with Gasteiger partial charge in [0, 0.05) is 9.79 Å². The van der Waals surface area contributed by atoms with Gasteiger partial charge in [0.25, 0.3) is 0 Å². The van der Waals surface area contributed by atoms with Gasteiger partial charge in [0.15, 0.2) is 0 Å². The summed E-state index contributed by atoms with van der Waals surface area (Å²) in [5, 5.41) is 0. The third-order valence-corrected chi connectivity index (χ3v) is 4.18. The first kappa shape index (κ1) is 20.9. The number of hydrogen-bond acceptors (Lipinski definition) is 4. The Kier molecular flexibility index (Phi) is 10.6. The van der Waals surface area contributed by atoms with Crippen LogP contribution in [0.25, 0.3) is 0 Å². The number of hydrogen-bond donors (Lipinski definition) is 0. The van der Waals surface area contributed by atoms with Crippen molar-refractivity contribution in [2.75, 3.05) is 0 Å². The molecule has 0 bridgehead atoms. The van der Waals surface area contributed by atoms with Crippen molar-refractivity contribution in [3.63, 3.8) is 0 Å². The molecule has 0 N–H and O–H groups in total. The molecule has 0 aromatic heterocycles. The Morgan fingerprint density at radius 3 is 1.19 bits per heavy atom. The summed E-state index contributed by atoms with van der Waals surface area (Å²) in [6.45, 7) is 3.54. The Morgan fingerprint density at radius 1 is 0.714 bits per heavy atom. The van der Waals surface area contributed by atoms with Crippen LogP contribution in [0.4, 0.5) is 0 Å². The smallest absolute Gasteiger partial charge is 0.768 e. The van der Waals surface area contributed by atoms with Crippen molar-refractivity contribution in [3.05, 3.63) is 59.7 Å². The molecule has 0 aliphatic heterocycles. The molecule has 0 aliphatic carbocycles. The zero-order chi connectivity index (χ0) is 15.1. The van der Waals surface area contributed by atoms with Gasteiger partial charge in [-0.25, -0.2) is 0 Å². The summed E-state index contributed by atoms with van der Waals surface area (Å²) >= 11 is -4.18. The van der Waals surface area contributed by atoms with Crippen molar-refractivity contribution in [1.29, 1.82) is 0 Å². The summed E-state index contributed by atoms with van der Waals surface area (Å²) in [6.07, 6.45) is 0. The summed E-state index contributed by atoms with van der Waals surface area (Å²) in [7, 11) is 0. The van der Waals surface area contributed by atoms with Gasteiger partial charge in [0.1, 0.15) is 0 Å². The van der Waals surface area contributed by atoms with E-state index in [1.54, 1.807) is 50.2 Å². The van der Waals surface area contributed by atoms with E-state index in [9.17, 15) is 17.5 Å². The van der Waals surface area contributed by atoms with E-state index < -0.39 is 22.2 Å². The normalized spacial score (nSPS) is 12.4. The van der Waals surface area contributed by atoms with E-state index >= 15 is 0 Å². The van der Waals surface area contributed by atoms with Gasteiger partial charge >= 0.3 is 37.7 Å². The first-order chi connectivity index (χ1) is 9.43. The van der Waals surface area contributed by atoms with Gasteiger partial charge in [-0.05, 0) is 59.3 Å². The minimum absolute atomic E-state index is 0. The standard InChI is InChI=1S/2C7H8O2S.Ca/c2*1-6-4-2-3-5-7(6)10(8)9;/h2*2-5H,1H3,(H,8,9);/q;;+2/p-2. The minimum Gasteiger partial charge on any atom is -0.768 e. The third kappa shape index (κ3) is 7.15. The largest absolute Gasteiger partial charge is 2.00 e. The monoisotopic (exact) mass is 350 g/mol. The van der Waals surface area contributed by atoms with Gasteiger partial charge in [-0.15, -0.1) is 0 Å². The second kappa shape index (κ2) is 10.6. The predicted octanol–water partition coefficient (Wildman–Crippen LogP) is 2.09. The Bertz CT molecular complexity index is 576. The van der Waals surface area contributed by atoms with E-state index in [-0.39, 0.29) is 37.7 Å². The minimum atomic E-state index is -2.09. The molecule has 7 heteroatoms. The van der Waals surface area contributed by atoms with Crippen molar-refractivity contribution in [3.8, 4) is 0 Å². The van der Waals surface area contributed by atoms with E-state index in [1.807, 2.05) is 12.1 Å². The van der Waals surface area contributed by atoms with Gasteiger partial charge < -0.3 is 9.11 Å². The second-order valence-electron chi connectivity index (χ2n) is 4.00. The molecule has 21 heavy (non-hydrogen) atoms. The quantitative estimate of drug-likeness (QED) is 0.613. The van der Waals surface area contributed by atoms with Crippen LogP contribution < -0.4 is 0 Å². The van der Waals surface area contributed by atoms with Crippen molar-refractivity contribution < 1.29 is 17.5 Å². The summed E-state index contributed by atoms with van der Waals surface area (Å²) < 4.78 is 41.7. The maximum absolute atomic E-state index is 10.4. The summed E-state index contributed by atoms with van der Waals surface area (Å²) in [5.74, 6) is 0. The van der Waals surface area contributed by atoms with E-state index in [1.165, 1.54) is 0 Å². The van der Waals surface area contributed by atoms with E-state index in [0.29, 0.717) is 9.79 Å². The Hall–Kier alpha value is -0.0803. The van der Waals surface area contributed by atoms with Crippen molar-refractivity contribution in [2.45, 2.75) is 23.6 Å². The first-order valence-electron chi connectivity index (χ1n) is 5.73. The Morgan fingerprint density at radius 2 is 1.00 bits per heavy atom. The van der Waals surface area contributed by atoms with Crippen molar-refractivity contribution in [2.24, 2.45) is 0 Å². The van der Waals surface area contributed by atoms with Crippen LogP contribution in [-0.4, -0.2) is 55.3 Å². The van der Waals surface area contributed by atoms with Crippen LogP contribution in [0.1, 0.15) is 11.1 Å². The maximum Gasteiger partial charge on any atom is 2.00 e. The van der Waals surface area contributed by atoms with Crippen LogP contribution in [0.15, 0.2) is 58.3 Å². The van der Waals surface area contributed by atoms with E-state index in [2.05, 4.69) is 0 Å². The molecule has 0 heterocycles.